The SMILES string of the molecule is COc1ccc2ncn(-c3nc(-c4ccccc4)c(C(=O)O)s3)c2c1. The molecule has 124 valence electrons. The number of carbonyl (C=O) groups is 1. The minimum Gasteiger partial charge on any atom is -0.497 e. The first-order valence-corrected chi connectivity index (χ1v) is 8.30. The van der Waals surface area contributed by atoms with Crippen molar-refractivity contribution in [1.29, 1.82) is 0 Å². The molecule has 0 spiro atoms. The van der Waals surface area contributed by atoms with E-state index in [9.17, 15) is 9.90 Å². The highest BCUT2D eigenvalue weighted by atomic mass is 32.1. The first-order chi connectivity index (χ1) is 12.2. The quantitative estimate of drug-likeness (QED) is 0.604. The normalized spacial score (nSPS) is 10.9. The standard InChI is InChI=1S/C18H13N3O3S/c1-24-12-7-8-13-14(9-12)21(10-19-13)18-20-15(16(25-18)17(22)23)11-5-3-2-4-6-11/h2-10H,1H3,(H,22,23). The predicted molar refractivity (Wildman–Crippen MR) is 95.7 cm³/mol. The van der Waals surface area contributed by atoms with E-state index < -0.39 is 5.97 Å². The molecule has 0 bridgehead atoms. The molecule has 0 saturated carbocycles. The molecule has 0 aliphatic rings. The Labute approximate surface area is 147 Å². The van der Waals surface area contributed by atoms with E-state index in [2.05, 4.69) is 9.97 Å². The number of nitrogens with zero attached hydrogens (tertiary/aromatic N) is 3. The number of carboxylic acid groups (broad SMARTS) is 1. The van der Waals surface area contributed by atoms with Crippen LogP contribution >= 0.6 is 11.3 Å². The van der Waals surface area contributed by atoms with Crippen molar-refractivity contribution in [3.8, 4) is 22.1 Å². The third kappa shape index (κ3) is 2.64. The molecule has 0 aliphatic heterocycles. The van der Waals surface area contributed by atoms with E-state index in [1.807, 2.05) is 48.5 Å². The molecule has 0 saturated heterocycles. The average molecular weight is 351 g/mol. The number of imidazole rings is 1. The molecule has 1 N–H and O–H groups in total. The molecule has 0 aliphatic carbocycles. The van der Waals surface area contributed by atoms with Gasteiger partial charge in [0.1, 0.15) is 17.0 Å². The Morgan fingerprint density at radius 1 is 1.20 bits per heavy atom. The summed E-state index contributed by atoms with van der Waals surface area (Å²) in [6, 6.07) is 14.8. The van der Waals surface area contributed by atoms with E-state index in [1.54, 1.807) is 18.0 Å². The summed E-state index contributed by atoms with van der Waals surface area (Å²) in [5, 5.41) is 10.1. The van der Waals surface area contributed by atoms with Gasteiger partial charge in [-0.15, -0.1) is 0 Å². The number of methoxy groups -OCH3 is 1. The number of carboxylic acids is 1. The van der Waals surface area contributed by atoms with Crippen molar-refractivity contribution < 1.29 is 14.6 Å². The number of hydrogen-bond donors (Lipinski definition) is 1. The minimum absolute atomic E-state index is 0.200. The molecule has 4 rings (SSSR count). The molecule has 2 aromatic heterocycles. The summed E-state index contributed by atoms with van der Waals surface area (Å²) >= 11 is 1.12. The molecule has 0 amide bonds. The van der Waals surface area contributed by atoms with E-state index in [1.165, 1.54) is 0 Å². The van der Waals surface area contributed by atoms with Crippen molar-refractivity contribution in [2.24, 2.45) is 0 Å². The molecule has 25 heavy (non-hydrogen) atoms. The maximum Gasteiger partial charge on any atom is 0.348 e. The largest absolute Gasteiger partial charge is 0.497 e. The zero-order valence-electron chi connectivity index (χ0n) is 13.2. The minimum atomic E-state index is -0.996. The van der Waals surface area contributed by atoms with Crippen molar-refractivity contribution in [3.63, 3.8) is 0 Å². The topological polar surface area (TPSA) is 77.2 Å². The Morgan fingerprint density at radius 3 is 2.72 bits per heavy atom. The van der Waals surface area contributed by atoms with Gasteiger partial charge in [-0.2, -0.15) is 0 Å². The maximum atomic E-state index is 11.7. The van der Waals surface area contributed by atoms with Gasteiger partial charge in [0.2, 0.25) is 0 Å². The van der Waals surface area contributed by atoms with Crippen molar-refractivity contribution in [1.82, 2.24) is 14.5 Å². The number of aromatic nitrogens is 3. The fourth-order valence-corrected chi connectivity index (χ4v) is 3.53. The average Bonchev–Trinajstić information content (AvgIpc) is 3.26. The summed E-state index contributed by atoms with van der Waals surface area (Å²) in [5.74, 6) is -0.294. The lowest BCUT2D eigenvalue weighted by molar-refractivity contribution is 0.0702. The summed E-state index contributed by atoms with van der Waals surface area (Å²) in [6.45, 7) is 0. The lowest BCUT2D eigenvalue weighted by Crippen LogP contribution is -1.95. The first kappa shape index (κ1) is 15.3. The van der Waals surface area contributed by atoms with Crippen LogP contribution in [0, 0.1) is 0 Å². The second kappa shape index (κ2) is 6.03. The van der Waals surface area contributed by atoms with Gasteiger partial charge >= 0.3 is 5.97 Å². The van der Waals surface area contributed by atoms with E-state index in [-0.39, 0.29) is 4.88 Å². The zero-order valence-corrected chi connectivity index (χ0v) is 14.0. The predicted octanol–water partition coefficient (Wildman–Crippen LogP) is 3.86. The van der Waals surface area contributed by atoms with Gasteiger partial charge in [0.15, 0.2) is 5.13 Å². The van der Waals surface area contributed by atoms with Crippen LogP contribution in [0.5, 0.6) is 5.75 Å². The summed E-state index contributed by atoms with van der Waals surface area (Å²) in [6.07, 6.45) is 1.64. The summed E-state index contributed by atoms with van der Waals surface area (Å²) in [4.78, 5) is 20.8. The lowest BCUT2D eigenvalue weighted by atomic mass is 10.1. The number of aromatic carboxylic acids is 1. The third-order valence-corrected chi connectivity index (χ3v) is 4.86. The zero-order chi connectivity index (χ0) is 17.4. The highest BCUT2D eigenvalue weighted by Crippen LogP contribution is 2.32. The number of thiazole rings is 1. The van der Waals surface area contributed by atoms with Crippen molar-refractivity contribution >= 4 is 28.3 Å². The number of benzene rings is 2. The number of ether oxygens (including phenoxy) is 1. The molecule has 7 heteroatoms. The van der Waals surface area contributed by atoms with Crippen LogP contribution in [-0.2, 0) is 0 Å². The van der Waals surface area contributed by atoms with Crippen LogP contribution in [0.25, 0.3) is 27.4 Å². The van der Waals surface area contributed by atoms with Gasteiger partial charge in [-0.1, -0.05) is 41.7 Å². The van der Waals surface area contributed by atoms with Crippen molar-refractivity contribution in [2.45, 2.75) is 0 Å². The molecule has 0 atom stereocenters. The summed E-state index contributed by atoms with van der Waals surface area (Å²) in [7, 11) is 1.60. The monoisotopic (exact) mass is 351 g/mol. The van der Waals surface area contributed by atoms with Gasteiger partial charge in [-0.3, -0.25) is 4.57 Å². The van der Waals surface area contributed by atoms with Crippen LogP contribution in [0.3, 0.4) is 0 Å². The molecule has 2 aromatic carbocycles. The second-order valence-corrected chi connectivity index (χ2v) is 6.29. The smallest absolute Gasteiger partial charge is 0.348 e. The number of hydrogen-bond acceptors (Lipinski definition) is 5. The molecule has 0 unspecified atom stereocenters. The lowest BCUT2D eigenvalue weighted by Gasteiger charge is -2.02. The van der Waals surface area contributed by atoms with Crippen LogP contribution in [0.1, 0.15) is 9.67 Å². The molecular weight excluding hydrogens is 338 g/mol. The van der Waals surface area contributed by atoms with Gasteiger partial charge in [-0.25, -0.2) is 14.8 Å². The van der Waals surface area contributed by atoms with Gasteiger partial charge in [-0.05, 0) is 12.1 Å². The van der Waals surface area contributed by atoms with E-state index >= 15 is 0 Å². The van der Waals surface area contributed by atoms with E-state index in [0.29, 0.717) is 16.6 Å². The van der Waals surface area contributed by atoms with Gasteiger partial charge in [0.05, 0.1) is 23.8 Å². The third-order valence-electron chi connectivity index (χ3n) is 3.82. The number of fused-ring (bicyclic) bond motifs is 1. The second-order valence-electron chi connectivity index (χ2n) is 5.31. The number of rotatable bonds is 4. The van der Waals surface area contributed by atoms with Crippen LogP contribution in [0.15, 0.2) is 54.9 Å². The molecule has 2 heterocycles. The Morgan fingerprint density at radius 2 is 2.00 bits per heavy atom. The highest BCUT2D eigenvalue weighted by molar-refractivity contribution is 7.16. The van der Waals surface area contributed by atoms with E-state index in [4.69, 9.17) is 4.74 Å². The molecule has 0 radical (unpaired) electrons. The Balaban J connectivity index is 1.91. The highest BCUT2D eigenvalue weighted by Gasteiger charge is 2.20. The van der Waals surface area contributed by atoms with Gasteiger partial charge in [0.25, 0.3) is 0 Å². The molecule has 6 nitrogen and oxygen atoms in total. The van der Waals surface area contributed by atoms with Crippen LogP contribution in [-0.4, -0.2) is 32.7 Å². The molecular formula is C18H13N3O3S. The molecule has 4 aromatic rings. The van der Waals surface area contributed by atoms with Crippen molar-refractivity contribution in [3.05, 3.63) is 59.7 Å². The van der Waals surface area contributed by atoms with E-state index in [0.717, 1.165) is 27.9 Å². The Bertz CT molecular complexity index is 1070. The Hall–Kier alpha value is -3.19. The summed E-state index contributed by atoms with van der Waals surface area (Å²) < 4.78 is 7.05. The fourth-order valence-electron chi connectivity index (χ4n) is 2.62. The maximum absolute atomic E-state index is 11.7. The molecule has 0 fully saturated rings. The van der Waals surface area contributed by atoms with Crippen LogP contribution < -0.4 is 4.74 Å². The van der Waals surface area contributed by atoms with Crippen LogP contribution in [0.4, 0.5) is 0 Å². The first-order valence-electron chi connectivity index (χ1n) is 7.48. The fraction of sp³-hybridized carbons (Fsp3) is 0.0556. The Kier molecular flexibility index (Phi) is 3.70. The van der Waals surface area contributed by atoms with Crippen molar-refractivity contribution in [2.75, 3.05) is 7.11 Å². The summed E-state index contributed by atoms with van der Waals surface area (Å²) in [5.41, 5.74) is 2.82. The van der Waals surface area contributed by atoms with Gasteiger partial charge < -0.3 is 9.84 Å². The van der Waals surface area contributed by atoms with Gasteiger partial charge in [0, 0.05) is 11.6 Å². The van der Waals surface area contributed by atoms with Crippen LogP contribution in [0.2, 0.25) is 0 Å².